The number of thiazole rings is 1. The zero-order chi connectivity index (χ0) is 16.9. The number of hydrogen-bond donors (Lipinski definition) is 1. The van der Waals surface area contributed by atoms with E-state index in [1.165, 1.54) is 6.42 Å². The summed E-state index contributed by atoms with van der Waals surface area (Å²) in [5.41, 5.74) is 1.07. The first-order chi connectivity index (χ1) is 11.6. The number of rotatable bonds is 6. The summed E-state index contributed by atoms with van der Waals surface area (Å²) in [6.45, 7) is 4.19. The summed E-state index contributed by atoms with van der Waals surface area (Å²) in [5, 5.41) is 6.26. The molecule has 0 spiro atoms. The topological polar surface area (TPSA) is 62.3 Å². The average Bonchev–Trinajstić information content (AvgIpc) is 2.95. The van der Waals surface area contributed by atoms with E-state index in [1.807, 2.05) is 11.8 Å². The van der Waals surface area contributed by atoms with Gasteiger partial charge in [0, 0.05) is 49.0 Å². The van der Waals surface area contributed by atoms with E-state index >= 15 is 0 Å². The molecule has 0 aromatic carbocycles. The van der Waals surface area contributed by atoms with Crippen molar-refractivity contribution < 1.29 is 9.59 Å². The number of hydrogen-bond acceptors (Lipinski definition) is 4. The van der Waals surface area contributed by atoms with Gasteiger partial charge in [-0.25, -0.2) is 4.98 Å². The number of carbonyl (C=O) groups is 2. The number of nitrogens with zero attached hydrogens (tertiary/aromatic N) is 2. The molecule has 6 heteroatoms. The van der Waals surface area contributed by atoms with E-state index in [4.69, 9.17) is 0 Å². The highest BCUT2D eigenvalue weighted by Gasteiger charge is 2.33. The largest absolute Gasteiger partial charge is 0.356 e. The van der Waals surface area contributed by atoms with Gasteiger partial charge in [0.1, 0.15) is 0 Å². The maximum atomic E-state index is 12.3. The van der Waals surface area contributed by atoms with Gasteiger partial charge in [0.25, 0.3) is 0 Å². The van der Waals surface area contributed by atoms with Gasteiger partial charge in [-0.2, -0.15) is 0 Å². The third-order valence-corrected chi connectivity index (χ3v) is 6.19. The quantitative estimate of drug-likeness (QED) is 0.803. The monoisotopic (exact) mass is 349 g/mol. The van der Waals surface area contributed by atoms with Gasteiger partial charge < -0.3 is 10.2 Å². The summed E-state index contributed by atoms with van der Waals surface area (Å²) in [6, 6.07) is 0. The zero-order valence-corrected chi connectivity index (χ0v) is 15.2. The summed E-state index contributed by atoms with van der Waals surface area (Å²) < 4.78 is 0. The second kappa shape index (κ2) is 8.10. The molecule has 1 aromatic heterocycles. The number of carbonyl (C=O) groups excluding carboxylic acids is 2. The minimum atomic E-state index is 0.0672. The first-order valence-corrected chi connectivity index (χ1v) is 9.99. The molecule has 1 saturated carbocycles. The molecule has 24 heavy (non-hydrogen) atoms. The molecule has 3 rings (SSSR count). The molecule has 5 nitrogen and oxygen atoms in total. The van der Waals surface area contributed by atoms with Crippen molar-refractivity contribution in [2.24, 2.45) is 11.8 Å². The van der Waals surface area contributed by atoms with Crippen LogP contribution in [0.25, 0.3) is 0 Å². The fourth-order valence-electron chi connectivity index (χ4n) is 3.39. The van der Waals surface area contributed by atoms with Gasteiger partial charge in [-0.15, -0.1) is 11.3 Å². The van der Waals surface area contributed by atoms with E-state index in [0.29, 0.717) is 12.5 Å². The van der Waals surface area contributed by atoms with Crippen LogP contribution in [0.4, 0.5) is 0 Å². The van der Waals surface area contributed by atoms with Crippen molar-refractivity contribution in [3.05, 3.63) is 16.1 Å². The van der Waals surface area contributed by atoms with Crippen LogP contribution in [0.2, 0.25) is 0 Å². The maximum absolute atomic E-state index is 12.3. The molecule has 2 aliphatic rings. The van der Waals surface area contributed by atoms with Crippen LogP contribution in [0.3, 0.4) is 0 Å². The van der Waals surface area contributed by atoms with Crippen molar-refractivity contribution in [1.82, 2.24) is 15.2 Å². The number of aryl methyl sites for hydroxylation is 2. The lowest BCUT2D eigenvalue weighted by Gasteiger charge is -2.36. The van der Waals surface area contributed by atoms with E-state index < -0.39 is 0 Å². The first kappa shape index (κ1) is 17.4. The first-order valence-electron chi connectivity index (χ1n) is 9.11. The van der Waals surface area contributed by atoms with Gasteiger partial charge in [0.2, 0.25) is 11.8 Å². The van der Waals surface area contributed by atoms with E-state index in [1.54, 1.807) is 11.3 Å². The summed E-state index contributed by atoms with van der Waals surface area (Å²) in [6.07, 6.45) is 6.75. The molecule has 132 valence electrons. The second-order valence-electron chi connectivity index (χ2n) is 7.00. The molecular weight excluding hydrogens is 322 g/mol. The highest BCUT2D eigenvalue weighted by atomic mass is 32.1. The average molecular weight is 350 g/mol. The number of piperidine rings is 1. The predicted octanol–water partition coefficient (Wildman–Crippen LogP) is 2.54. The van der Waals surface area contributed by atoms with Crippen LogP contribution in [0.5, 0.6) is 0 Å². The van der Waals surface area contributed by atoms with E-state index in [2.05, 4.69) is 15.7 Å². The van der Waals surface area contributed by atoms with E-state index in [0.717, 1.165) is 62.3 Å². The van der Waals surface area contributed by atoms with Crippen molar-refractivity contribution in [2.45, 2.75) is 51.9 Å². The summed E-state index contributed by atoms with van der Waals surface area (Å²) in [5.74, 6) is 0.808. The molecule has 0 unspecified atom stereocenters. The van der Waals surface area contributed by atoms with Gasteiger partial charge in [-0.1, -0.05) is 6.42 Å². The Bertz CT molecular complexity index is 575. The van der Waals surface area contributed by atoms with Crippen molar-refractivity contribution in [3.8, 4) is 0 Å². The Hall–Kier alpha value is -1.43. The lowest BCUT2D eigenvalue weighted by atomic mass is 9.83. The molecule has 0 atom stereocenters. The standard InChI is InChI=1S/C18H27N3O2S/c1-13-12-24-16(20-13)6-3-9-19-17(22)14-7-10-21(11-8-14)18(23)15-4-2-5-15/h12,14-15H,2-11H2,1H3,(H,19,22). The molecule has 1 aliphatic carbocycles. The SMILES string of the molecule is Cc1csc(CCCNC(=O)C2CCN(C(=O)C3CCC3)CC2)n1. The zero-order valence-electron chi connectivity index (χ0n) is 14.4. The van der Waals surface area contributed by atoms with Crippen molar-refractivity contribution in [1.29, 1.82) is 0 Å². The minimum absolute atomic E-state index is 0.0672. The van der Waals surface area contributed by atoms with E-state index in [9.17, 15) is 9.59 Å². The van der Waals surface area contributed by atoms with Crippen LogP contribution in [0, 0.1) is 18.8 Å². The maximum Gasteiger partial charge on any atom is 0.225 e. The Kier molecular flexibility index (Phi) is 5.87. The Morgan fingerprint density at radius 1 is 1.25 bits per heavy atom. The number of nitrogens with one attached hydrogen (secondary N) is 1. The Labute approximate surface area is 147 Å². The molecule has 1 N–H and O–H groups in total. The van der Waals surface area contributed by atoms with Crippen LogP contribution in [0.15, 0.2) is 5.38 Å². The highest BCUT2D eigenvalue weighted by Crippen LogP contribution is 2.30. The Balaban J connectivity index is 1.32. The summed E-state index contributed by atoms with van der Waals surface area (Å²) in [4.78, 5) is 30.9. The van der Waals surface area contributed by atoms with Crippen LogP contribution >= 0.6 is 11.3 Å². The van der Waals surface area contributed by atoms with Gasteiger partial charge in [-0.3, -0.25) is 9.59 Å². The smallest absolute Gasteiger partial charge is 0.225 e. The predicted molar refractivity (Wildman–Crippen MR) is 94.8 cm³/mol. The van der Waals surface area contributed by atoms with Crippen molar-refractivity contribution in [2.75, 3.05) is 19.6 Å². The molecule has 2 heterocycles. The Morgan fingerprint density at radius 2 is 2.00 bits per heavy atom. The molecule has 1 aromatic rings. The fraction of sp³-hybridized carbons (Fsp3) is 0.722. The lowest BCUT2D eigenvalue weighted by Crippen LogP contribution is -2.46. The third kappa shape index (κ3) is 4.35. The molecule has 1 saturated heterocycles. The minimum Gasteiger partial charge on any atom is -0.356 e. The van der Waals surface area contributed by atoms with Crippen LogP contribution in [0.1, 0.15) is 49.2 Å². The fourth-order valence-corrected chi connectivity index (χ4v) is 4.21. The number of aromatic nitrogens is 1. The van der Waals surface area contributed by atoms with Gasteiger partial charge >= 0.3 is 0 Å². The highest BCUT2D eigenvalue weighted by molar-refractivity contribution is 7.09. The second-order valence-corrected chi connectivity index (χ2v) is 7.95. The Morgan fingerprint density at radius 3 is 2.58 bits per heavy atom. The van der Waals surface area contributed by atoms with Gasteiger partial charge in [0.05, 0.1) is 5.01 Å². The lowest BCUT2D eigenvalue weighted by molar-refractivity contribution is -0.141. The molecule has 2 amide bonds. The van der Waals surface area contributed by atoms with Gasteiger partial charge in [0.15, 0.2) is 0 Å². The molecule has 0 bridgehead atoms. The number of likely N-dealkylation sites (tertiary alicyclic amines) is 1. The molecule has 1 aliphatic heterocycles. The summed E-state index contributed by atoms with van der Waals surface area (Å²) in [7, 11) is 0. The van der Waals surface area contributed by atoms with Crippen molar-refractivity contribution in [3.63, 3.8) is 0 Å². The van der Waals surface area contributed by atoms with Crippen LogP contribution < -0.4 is 5.32 Å². The molecular formula is C18H27N3O2S. The van der Waals surface area contributed by atoms with Crippen LogP contribution in [-0.4, -0.2) is 41.3 Å². The van der Waals surface area contributed by atoms with Crippen molar-refractivity contribution >= 4 is 23.2 Å². The van der Waals surface area contributed by atoms with E-state index in [-0.39, 0.29) is 17.7 Å². The van der Waals surface area contributed by atoms with Gasteiger partial charge in [-0.05, 0) is 39.0 Å². The number of amides is 2. The third-order valence-electron chi connectivity index (χ3n) is 5.17. The van der Waals surface area contributed by atoms with Crippen LogP contribution in [-0.2, 0) is 16.0 Å². The summed E-state index contributed by atoms with van der Waals surface area (Å²) >= 11 is 1.69. The molecule has 0 radical (unpaired) electrons. The molecule has 2 fully saturated rings. The normalized spacial score (nSPS) is 19.1.